The van der Waals surface area contributed by atoms with Gasteiger partial charge >= 0.3 is 0 Å². The predicted molar refractivity (Wildman–Crippen MR) is 102 cm³/mol. The molecule has 7 nitrogen and oxygen atoms in total. The summed E-state index contributed by atoms with van der Waals surface area (Å²) in [6, 6.07) is 14.2. The van der Waals surface area contributed by atoms with Crippen LogP contribution in [-0.2, 0) is 10.5 Å². The summed E-state index contributed by atoms with van der Waals surface area (Å²) in [6.45, 7) is 1.65. The first-order valence-electron chi connectivity index (χ1n) is 8.61. The summed E-state index contributed by atoms with van der Waals surface area (Å²) in [5.74, 6) is 2.32. The fourth-order valence-electron chi connectivity index (χ4n) is 3.08. The Kier molecular flexibility index (Phi) is 5.01. The second-order valence-corrected chi connectivity index (χ2v) is 7.29. The maximum absolute atomic E-state index is 12.2. The smallest absolute Gasteiger partial charge is 0.230 e. The minimum atomic E-state index is 0.0972. The van der Waals surface area contributed by atoms with E-state index in [1.807, 2.05) is 30.3 Å². The van der Waals surface area contributed by atoms with E-state index in [2.05, 4.69) is 37.6 Å². The van der Waals surface area contributed by atoms with Crippen LogP contribution >= 0.6 is 11.8 Å². The van der Waals surface area contributed by atoms with Crippen molar-refractivity contribution in [3.05, 3.63) is 54.4 Å². The summed E-state index contributed by atoms with van der Waals surface area (Å²) in [6.07, 6.45) is 2.52. The number of thioether (sulfide) groups is 1. The zero-order valence-electron chi connectivity index (χ0n) is 14.3. The first kappa shape index (κ1) is 16.8. The van der Waals surface area contributed by atoms with Crippen LogP contribution in [0.25, 0.3) is 5.65 Å². The summed E-state index contributed by atoms with van der Waals surface area (Å²) >= 11 is 1.64. The van der Waals surface area contributed by atoms with Crippen molar-refractivity contribution in [3.8, 4) is 0 Å². The van der Waals surface area contributed by atoms with Crippen LogP contribution < -0.4 is 10.2 Å². The molecule has 0 spiro atoms. The Labute approximate surface area is 155 Å². The molecule has 1 saturated heterocycles. The molecule has 26 heavy (non-hydrogen) atoms. The van der Waals surface area contributed by atoms with Gasteiger partial charge in [-0.25, -0.2) is 0 Å². The van der Waals surface area contributed by atoms with Gasteiger partial charge < -0.3 is 10.2 Å². The van der Waals surface area contributed by atoms with E-state index < -0.39 is 0 Å². The van der Waals surface area contributed by atoms with E-state index >= 15 is 0 Å². The summed E-state index contributed by atoms with van der Waals surface area (Å²) in [4.78, 5) is 14.4. The summed E-state index contributed by atoms with van der Waals surface area (Å²) in [7, 11) is 0. The van der Waals surface area contributed by atoms with Gasteiger partial charge in [0.15, 0.2) is 5.65 Å². The van der Waals surface area contributed by atoms with Crippen molar-refractivity contribution in [2.24, 2.45) is 0 Å². The van der Waals surface area contributed by atoms with Gasteiger partial charge in [-0.15, -0.1) is 27.1 Å². The number of benzene rings is 1. The van der Waals surface area contributed by atoms with Crippen LogP contribution in [-0.4, -0.2) is 50.6 Å². The largest absolute Gasteiger partial charge is 0.353 e. The SMILES string of the molecule is O=C(CSCc1ccccc1)NC1CCN(c2ccc3nncn3n2)C1. The number of nitrogens with zero attached hydrogens (tertiary/aromatic N) is 5. The molecule has 1 fully saturated rings. The lowest BCUT2D eigenvalue weighted by molar-refractivity contribution is -0.119. The minimum Gasteiger partial charge on any atom is -0.353 e. The van der Waals surface area contributed by atoms with Crippen LogP contribution in [0.4, 0.5) is 5.82 Å². The molecule has 1 aliphatic rings. The maximum atomic E-state index is 12.2. The molecule has 8 heteroatoms. The van der Waals surface area contributed by atoms with Crippen LogP contribution in [0.2, 0.25) is 0 Å². The molecule has 0 bridgehead atoms. The normalized spacial score (nSPS) is 16.9. The summed E-state index contributed by atoms with van der Waals surface area (Å²) in [5.41, 5.74) is 1.97. The van der Waals surface area contributed by atoms with E-state index in [0.717, 1.165) is 36.7 Å². The molecule has 3 aromatic rings. The number of hydrogen-bond acceptors (Lipinski definition) is 6. The van der Waals surface area contributed by atoms with Gasteiger partial charge in [0.1, 0.15) is 12.1 Å². The fraction of sp³-hybridized carbons (Fsp3) is 0.333. The summed E-state index contributed by atoms with van der Waals surface area (Å²) in [5, 5.41) is 15.5. The Morgan fingerprint density at radius 2 is 2.12 bits per heavy atom. The van der Waals surface area contributed by atoms with Gasteiger partial charge in [-0.2, -0.15) is 4.52 Å². The number of anilines is 1. The lowest BCUT2D eigenvalue weighted by Gasteiger charge is -2.17. The third kappa shape index (κ3) is 3.96. The molecule has 0 radical (unpaired) electrons. The number of hydrogen-bond donors (Lipinski definition) is 1. The van der Waals surface area contributed by atoms with Crippen molar-refractivity contribution >= 4 is 29.1 Å². The van der Waals surface area contributed by atoms with Gasteiger partial charge in [0, 0.05) is 24.9 Å². The molecule has 0 saturated carbocycles. The van der Waals surface area contributed by atoms with Crippen LogP contribution in [0.1, 0.15) is 12.0 Å². The predicted octanol–water partition coefficient (Wildman–Crippen LogP) is 1.75. The molecule has 0 aliphatic carbocycles. The lowest BCUT2D eigenvalue weighted by Crippen LogP contribution is -2.38. The molecule has 4 rings (SSSR count). The average molecular weight is 368 g/mol. The lowest BCUT2D eigenvalue weighted by atomic mass is 10.2. The number of nitrogens with one attached hydrogen (secondary N) is 1. The molecule has 134 valence electrons. The van der Waals surface area contributed by atoms with Gasteiger partial charge in [0.05, 0.1) is 5.75 Å². The Balaban J connectivity index is 1.25. The average Bonchev–Trinajstić information content (AvgIpc) is 3.31. The maximum Gasteiger partial charge on any atom is 0.230 e. The van der Waals surface area contributed by atoms with Crippen molar-refractivity contribution in [1.29, 1.82) is 0 Å². The Bertz CT molecular complexity index is 884. The number of rotatable bonds is 6. The van der Waals surface area contributed by atoms with E-state index in [0.29, 0.717) is 5.75 Å². The molecule has 1 aromatic carbocycles. The van der Waals surface area contributed by atoms with Gasteiger partial charge in [0.2, 0.25) is 5.91 Å². The molecule has 1 amide bonds. The molecule has 2 aromatic heterocycles. The van der Waals surface area contributed by atoms with E-state index in [9.17, 15) is 4.79 Å². The van der Waals surface area contributed by atoms with Crippen molar-refractivity contribution in [1.82, 2.24) is 25.1 Å². The third-order valence-electron chi connectivity index (χ3n) is 4.37. The molecular weight excluding hydrogens is 348 g/mol. The first-order valence-corrected chi connectivity index (χ1v) is 9.76. The monoisotopic (exact) mass is 368 g/mol. The van der Waals surface area contributed by atoms with Gasteiger partial charge in [0.25, 0.3) is 0 Å². The number of carbonyl (C=O) groups excluding carboxylic acids is 1. The highest BCUT2D eigenvalue weighted by molar-refractivity contribution is 7.99. The zero-order valence-corrected chi connectivity index (χ0v) is 15.1. The summed E-state index contributed by atoms with van der Waals surface area (Å²) < 4.78 is 1.67. The second kappa shape index (κ2) is 7.74. The highest BCUT2D eigenvalue weighted by atomic mass is 32.2. The van der Waals surface area contributed by atoms with Crippen LogP contribution in [0.15, 0.2) is 48.8 Å². The van der Waals surface area contributed by atoms with E-state index in [4.69, 9.17) is 0 Å². The van der Waals surface area contributed by atoms with Crippen LogP contribution in [0.3, 0.4) is 0 Å². The molecule has 3 heterocycles. The van der Waals surface area contributed by atoms with Gasteiger partial charge in [-0.1, -0.05) is 30.3 Å². The Morgan fingerprint density at radius 1 is 1.23 bits per heavy atom. The zero-order chi connectivity index (χ0) is 17.8. The minimum absolute atomic E-state index is 0.0972. The highest BCUT2D eigenvalue weighted by Gasteiger charge is 2.25. The fourth-order valence-corrected chi connectivity index (χ4v) is 3.88. The first-order chi connectivity index (χ1) is 12.8. The van der Waals surface area contributed by atoms with Crippen molar-refractivity contribution in [2.45, 2.75) is 18.2 Å². The molecule has 1 unspecified atom stereocenters. The second-order valence-electron chi connectivity index (χ2n) is 6.30. The van der Waals surface area contributed by atoms with Crippen LogP contribution in [0.5, 0.6) is 0 Å². The number of fused-ring (bicyclic) bond motifs is 1. The molecule has 1 aliphatic heterocycles. The quantitative estimate of drug-likeness (QED) is 0.714. The van der Waals surface area contributed by atoms with E-state index in [1.165, 1.54) is 5.56 Å². The van der Waals surface area contributed by atoms with E-state index in [-0.39, 0.29) is 11.9 Å². The number of aromatic nitrogens is 4. The van der Waals surface area contributed by atoms with Crippen molar-refractivity contribution < 1.29 is 4.79 Å². The number of carbonyl (C=O) groups is 1. The molecule has 1 atom stereocenters. The van der Waals surface area contributed by atoms with Crippen molar-refractivity contribution in [2.75, 3.05) is 23.7 Å². The van der Waals surface area contributed by atoms with Crippen molar-refractivity contribution in [3.63, 3.8) is 0 Å². The number of amides is 1. The molecular formula is C18H20N6OS. The Hall–Kier alpha value is -2.61. The van der Waals surface area contributed by atoms with Gasteiger partial charge in [-0.3, -0.25) is 4.79 Å². The van der Waals surface area contributed by atoms with Gasteiger partial charge in [-0.05, 0) is 24.1 Å². The molecule has 1 N–H and O–H groups in total. The standard InChI is InChI=1S/C18H20N6OS/c25-18(12-26-11-14-4-2-1-3-5-14)20-15-8-9-23(10-15)17-7-6-16-21-19-13-24(16)22-17/h1-7,13,15H,8-12H2,(H,20,25). The third-order valence-corrected chi connectivity index (χ3v) is 5.37. The highest BCUT2D eigenvalue weighted by Crippen LogP contribution is 2.18. The van der Waals surface area contributed by atoms with E-state index in [1.54, 1.807) is 22.6 Å². The van der Waals surface area contributed by atoms with Crippen LogP contribution in [0, 0.1) is 0 Å². The Morgan fingerprint density at radius 3 is 3.00 bits per heavy atom. The topological polar surface area (TPSA) is 75.4 Å².